The molecule has 29 heavy (non-hydrogen) atoms. The van der Waals surface area contributed by atoms with Crippen molar-refractivity contribution in [1.82, 2.24) is 4.31 Å². The van der Waals surface area contributed by atoms with Gasteiger partial charge in [0, 0.05) is 24.1 Å². The van der Waals surface area contributed by atoms with Crippen LogP contribution in [0.25, 0.3) is 0 Å². The minimum Gasteiger partial charge on any atom is -0.356 e. The highest BCUT2D eigenvalue weighted by atomic mass is 32.2. The highest BCUT2D eigenvalue weighted by molar-refractivity contribution is 7.89. The Bertz CT molecular complexity index is 1060. The summed E-state index contributed by atoms with van der Waals surface area (Å²) in [6, 6.07) is 23.5. The number of hydrogen-bond acceptors (Lipinski definition) is 4. The molecule has 6 nitrogen and oxygen atoms in total. The number of nitrogens with zero attached hydrogens (tertiary/aromatic N) is 1. The maximum atomic E-state index is 12.6. The van der Waals surface area contributed by atoms with E-state index in [4.69, 9.17) is 0 Å². The molecule has 0 heterocycles. The van der Waals surface area contributed by atoms with Crippen LogP contribution in [0, 0.1) is 6.92 Å². The summed E-state index contributed by atoms with van der Waals surface area (Å²) in [7, 11) is -2.33. The van der Waals surface area contributed by atoms with Gasteiger partial charge in [0.1, 0.15) is 0 Å². The van der Waals surface area contributed by atoms with Crippen molar-refractivity contribution in [3.8, 4) is 0 Å². The van der Waals surface area contributed by atoms with Crippen molar-refractivity contribution in [2.24, 2.45) is 0 Å². The Morgan fingerprint density at radius 2 is 1.38 bits per heavy atom. The third-order valence-electron chi connectivity index (χ3n) is 4.33. The quantitative estimate of drug-likeness (QED) is 0.618. The van der Waals surface area contributed by atoms with Crippen LogP contribution >= 0.6 is 0 Å². The lowest BCUT2D eigenvalue weighted by atomic mass is 10.2. The highest BCUT2D eigenvalue weighted by Crippen LogP contribution is 2.19. The monoisotopic (exact) mass is 409 g/mol. The zero-order valence-corrected chi connectivity index (χ0v) is 17.1. The molecule has 0 atom stereocenters. The number of anilines is 3. The van der Waals surface area contributed by atoms with Crippen molar-refractivity contribution in [2.75, 3.05) is 24.2 Å². The van der Waals surface area contributed by atoms with Gasteiger partial charge < -0.3 is 10.6 Å². The molecule has 3 rings (SSSR count). The summed E-state index contributed by atoms with van der Waals surface area (Å²) >= 11 is 0. The number of para-hydroxylation sites is 1. The molecule has 0 unspecified atom stereocenters. The third-order valence-corrected chi connectivity index (χ3v) is 6.14. The van der Waals surface area contributed by atoms with E-state index in [2.05, 4.69) is 10.6 Å². The number of sulfonamides is 1. The van der Waals surface area contributed by atoms with E-state index in [0.29, 0.717) is 5.69 Å². The van der Waals surface area contributed by atoms with Gasteiger partial charge in [0.15, 0.2) is 0 Å². The van der Waals surface area contributed by atoms with Gasteiger partial charge in [0.2, 0.25) is 15.9 Å². The molecule has 0 radical (unpaired) electrons. The van der Waals surface area contributed by atoms with E-state index in [1.54, 1.807) is 24.3 Å². The largest absolute Gasteiger partial charge is 0.356 e. The van der Waals surface area contributed by atoms with Crippen LogP contribution in [-0.4, -0.2) is 32.2 Å². The normalized spacial score (nSPS) is 11.3. The molecule has 150 valence electrons. The number of rotatable bonds is 7. The zero-order valence-electron chi connectivity index (χ0n) is 16.3. The van der Waals surface area contributed by atoms with Crippen molar-refractivity contribution in [3.63, 3.8) is 0 Å². The molecule has 0 aliphatic heterocycles. The minimum absolute atomic E-state index is 0.162. The molecule has 0 saturated heterocycles. The molecule has 0 aliphatic rings. The van der Waals surface area contributed by atoms with Crippen LogP contribution in [0.3, 0.4) is 0 Å². The van der Waals surface area contributed by atoms with Gasteiger partial charge in [0.05, 0.1) is 11.4 Å². The number of aryl methyl sites for hydroxylation is 1. The number of hydrogen-bond donors (Lipinski definition) is 2. The minimum atomic E-state index is -3.72. The molecular weight excluding hydrogens is 386 g/mol. The number of carbonyl (C=O) groups excluding carboxylic acids is 1. The molecule has 0 spiro atoms. The maximum absolute atomic E-state index is 12.6. The molecular formula is C22H23N3O3S. The van der Waals surface area contributed by atoms with Gasteiger partial charge >= 0.3 is 0 Å². The standard InChI is InChI=1S/C22H23N3O3S/c1-17-8-14-21(15-9-17)29(27,28)25(2)16-22(26)24-20-12-10-19(11-13-20)23-18-6-4-3-5-7-18/h3-15,23H,16H2,1-2H3,(H,24,26). The predicted molar refractivity (Wildman–Crippen MR) is 116 cm³/mol. The number of nitrogens with one attached hydrogen (secondary N) is 2. The highest BCUT2D eigenvalue weighted by Gasteiger charge is 2.22. The lowest BCUT2D eigenvalue weighted by Crippen LogP contribution is -2.34. The molecule has 7 heteroatoms. The van der Waals surface area contributed by atoms with Gasteiger partial charge in [-0.2, -0.15) is 4.31 Å². The van der Waals surface area contributed by atoms with Gasteiger partial charge in [-0.05, 0) is 55.5 Å². The zero-order chi connectivity index (χ0) is 20.9. The molecule has 0 bridgehead atoms. The first-order valence-corrected chi connectivity index (χ1v) is 10.5. The van der Waals surface area contributed by atoms with Crippen LogP contribution in [0.5, 0.6) is 0 Å². The number of carbonyl (C=O) groups is 1. The lowest BCUT2D eigenvalue weighted by Gasteiger charge is -2.17. The number of likely N-dealkylation sites (N-methyl/N-ethyl adjacent to an activating group) is 1. The second-order valence-corrected chi connectivity index (χ2v) is 8.74. The van der Waals surface area contributed by atoms with Gasteiger partial charge in [-0.25, -0.2) is 8.42 Å². The Morgan fingerprint density at radius 1 is 0.828 bits per heavy atom. The molecule has 1 amide bonds. The van der Waals surface area contributed by atoms with Crippen molar-refractivity contribution in [1.29, 1.82) is 0 Å². The topological polar surface area (TPSA) is 78.5 Å². The average Bonchev–Trinajstić information content (AvgIpc) is 2.70. The fourth-order valence-electron chi connectivity index (χ4n) is 2.70. The summed E-state index contributed by atoms with van der Waals surface area (Å²) in [6.07, 6.45) is 0. The molecule has 0 aromatic heterocycles. The molecule has 3 aromatic carbocycles. The van der Waals surface area contributed by atoms with E-state index in [1.807, 2.05) is 49.4 Å². The Hall–Kier alpha value is -3.16. The van der Waals surface area contributed by atoms with Gasteiger partial charge in [-0.15, -0.1) is 0 Å². The van der Waals surface area contributed by atoms with E-state index in [9.17, 15) is 13.2 Å². The number of benzene rings is 3. The molecule has 0 aliphatic carbocycles. The Balaban J connectivity index is 1.59. The van der Waals surface area contributed by atoms with Gasteiger partial charge in [-0.3, -0.25) is 4.79 Å². The Kier molecular flexibility index (Phi) is 6.31. The molecule has 0 fully saturated rings. The maximum Gasteiger partial charge on any atom is 0.243 e. The van der Waals surface area contributed by atoms with E-state index in [-0.39, 0.29) is 11.4 Å². The average molecular weight is 410 g/mol. The van der Waals surface area contributed by atoms with E-state index in [0.717, 1.165) is 21.2 Å². The summed E-state index contributed by atoms with van der Waals surface area (Å²) in [5, 5.41) is 5.98. The van der Waals surface area contributed by atoms with Crippen LogP contribution in [0.1, 0.15) is 5.56 Å². The van der Waals surface area contributed by atoms with Crippen molar-refractivity contribution >= 4 is 33.0 Å². The molecule has 2 N–H and O–H groups in total. The summed E-state index contributed by atoms with van der Waals surface area (Å²) in [4.78, 5) is 12.5. The van der Waals surface area contributed by atoms with Crippen molar-refractivity contribution in [3.05, 3.63) is 84.4 Å². The fourth-order valence-corrected chi connectivity index (χ4v) is 3.83. The first-order valence-electron chi connectivity index (χ1n) is 9.09. The predicted octanol–water partition coefficient (Wildman–Crippen LogP) is 4.00. The second kappa shape index (κ2) is 8.89. The van der Waals surface area contributed by atoms with Crippen LogP contribution in [0.2, 0.25) is 0 Å². The lowest BCUT2D eigenvalue weighted by molar-refractivity contribution is -0.116. The van der Waals surface area contributed by atoms with Gasteiger partial charge in [0.25, 0.3) is 0 Å². The molecule has 3 aromatic rings. The van der Waals surface area contributed by atoms with Crippen LogP contribution < -0.4 is 10.6 Å². The van der Waals surface area contributed by atoms with E-state index >= 15 is 0 Å². The van der Waals surface area contributed by atoms with Crippen molar-refractivity contribution in [2.45, 2.75) is 11.8 Å². The summed E-state index contributed by atoms with van der Waals surface area (Å²) in [6.45, 7) is 1.61. The first-order chi connectivity index (χ1) is 13.8. The van der Waals surface area contributed by atoms with Crippen molar-refractivity contribution < 1.29 is 13.2 Å². The smallest absolute Gasteiger partial charge is 0.243 e. The van der Waals surface area contributed by atoms with E-state index < -0.39 is 15.9 Å². The fraction of sp³-hybridized carbons (Fsp3) is 0.136. The van der Waals surface area contributed by atoms with Crippen LogP contribution in [-0.2, 0) is 14.8 Å². The second-order valence-electron chi connectivity index (χ2n) is 6.69. The third kappa shape index (κ3) is 5.43. The van der Waals surface area contributed by atoms with E-state index in [1.165, 1.54) is 19.2 Å². The molecule has 0 saturated carbocycles. The van der Waals surface area contributed by atoms with Crippen LogP contribution in [0.15, 0.2) is 83.8 Å². The first kappa shape index (κ1) is 20.6. The SMILES string of the molecule is Cc1ccc(S(=O)(=O)N(C)CC(=O)Nc2ccc(Nc3ccccc3)cc2)cc1. The number of amides is 1. The summed E-state index contributed by atoms with van der Waals surface area (Å²) in [5.41, 5.74) is 3.41. The summed E-state index contributed by atoms with van der Waals surface area (Å²) in [5.74, 6) is -0.410. The Labute approximate surface area is 171 Å². The Morgan fingerprint density at radius 3 is 2.00 bits per heavy atom. The van der Waals surface area contributed by atoms with Crippen LogP contribution in [0.4, 0.5) is 17.1 Å². The summed E-state index contributed by atoms with van der Waals surface area (Å²) < 4.78 is 26.2. The van der Waals surface area contributed by atoms with Gasteiger partial charge in [-0.1, -0.05) is 35.9 Å².